The van der Waals surface area contributed by atoms with Crippen molar-refractivity contribution in [3.8, 4) is 0 Å². The number of hydrogen-bond acceptors (Lipinski definition) is 2. The van der Waals surface area contributed by atoms with E-state index in [1.54, 1.807) is 10.9 Å². The average molecular weight is 217 g/mol. The van der Waals surface area contributed by atoms with Crippen molar-refractivity contribution in [1.29, 1.82) is 0 Å². The molecule has 0 aromatic carbocycles. The van der Waals surface area contributed by atoms with Crippen LogP contribution in [0, 0.1) is 0 Å². The average Bonchev–Trinajstić information content (AvgIpc) is 2.45. The van der Waals surface area contributed by atoms with Gasteiger partial charge >= 0.3 is 5.97 Å². The number of halogens is 1. The molecule has 5 heteroatoms. The Balaban J connectivity index is 2.84. The molecule has 1 rings (SSSR count). The zero-order valence-electron chi connectivity index (χ0n) is 8.20. The first-order valence-corrected chi connectivity index (χ1v) is 4.87. The predicted octanol–water partition coefficient (Wildman–Crippen LogP) is 2.13. The van der Waals surface area contributed by atoms with Gasteiger partial charge in [0.15, 0.2) is 0 Å². The zero-order chi connectivity index (χ0) is 10.7. The van der Waals surface area contributed by atoms with Gasteiger partial charge < -0.3 is 5.11 Å². The van der Waals surface area contributed by atoms with Crippen molar-refractivity contribution >= 4 is 17.6 Å². The smallest absolute Gasteiger partial charge is 0.303 e. The third kappa shape index (κ3) is 2.26. The second kappa shape index (κ2) is 4.46. The van der Waals surface area contributed by atoms with Crippen LogP contribution in [0.4, 0.5) is 0 Å². The SMILES string of the molecule is CCn1ncc(C(C)CC(=O)O)c1Cl. The first-order chi connectivity index (χ1) is 6.56. The van der Waals surface area contributed by atoms with Crippen LogP contribution in [0.1, 0.15) is 31.7 Å². The van der Waals surface area contributed by atoms with E-state index in [1.807, 2.05) is 13.8 Å². The molecule has 0 aliphatic heterocycles. The van der Waals surface area contributed by atoms with Crippen LogP contribution in [-0.4, -0.2) is 20.9 Å². The lowest BCUT2D eigenvalue weighted by molar-refractivity contribution is -0.137. The van der Waals surface area contributed by atoms with Crippen LogP contribution >= 0.6 is 11.6 Å². The van der Waals surface area contributed by atoms with E-state index in [0.29, 0.717) is 11.7 Å². The van der Waals surface area contributed by atoms with Gasteiger partial charge in [-0.1, -0.05) is 18.5 Å². The largest absolute Gasteiger partial charge is 0.481 e. The van der Waals surface area contributed by atoms with Crippen LogP contribution in [0.5, 0.6) is 0 Å². The highest BCUT2D eigenvalue weighted by Crippen LogP contribution is 2.26. The fraction of sp³-hybridized carbons (Fsp3) is 0.556. The van der Waals surface area contributed by atoms with Gasteiger partial charge in [0.25, 0.3) is 0 Å². The second-order valence-corrected chi connectivity index (χ2v) is 3.56. The summed E-state index contributed by atoms with van der Waals surface area (Å²) in [6.45, 7) is 4.46. The van der Waals surface area contributed by atoms with Crippen molar-refractivity contribution in [3.05, 3.63) is 16.9 Å². The lowest BCUT2D eigenvalue weighted by Gasteiger charge is -2.06. The van der Waals surface area contributed by atoms with Crippen LogP contribution in [-0.2, 0) is 11.3 Å². The van der Waals surface area contributed by atoms with Crippen molar-refractivity contribution < 1.29 is 9.90 Å². The molecule has 4 nitrogen and oxygen atoms in total. The van der Waals surface area contributed by atoms with E-state index in [9.17, 15) is 4.79 Å². The summed E-state index contributed by atoms with van der Waals surface area (Å²) < 4.78 is 1.65. The normalized spacial score (nSPS) is 12.8. The Kier molecular flexibility index (Phi) is 3.52. The summed E-state index contributed by atoms with van der Waals surface area (Å²) in [7, 11) is 0. The first kappa shape index (κ1) is 11.0. The summed E-state index contributed by atoms with van der Waals surface area (Å²) in [6.07, 6.45) is 1.72. The van der Waals surface area contributed by atoms with Crippen LogP contribution in [0.15, 0.2) is 6.20 Å². The lowest BCUT2D eigenvalue weighted by atomic mass is 10.0. The number of hydrogen-bond donors (Lipinski definition) is 1. The Morgan fingerprint density at radius 3 is 2.86 bits per heavy atom. The molecule has 0 bridgehead atoms. The van der Waals surface area contributed by atoms with Gasteiger partial charge in [-0.25, -0.2) is 0 Å². The van der Waals surface area contributed by atoms with Gasteiger partial charge in [-0.3, -0.25) is 9.48 Å². The number of nitrogens with zero attached hydrogens (tertiary/aromatic N) is 2. The maximum absolute atomic E-state index is 10.5. The Morgan fingerprint density at radius 2 is 2.43 bits per heavy atom. The molecule has 0 spiro atoms. The van der Waals surface area contributed by atoms with Gasteiger partial charge in [-0.05, 0) is 12.8 Å². The molecule has 1 aromatic rings. The quantitative estimate of drug-likeness (QED) is 0.839. The van der Waals surface area contributed by atoms with E-state index in [-0.39, 0.29) is 12.3 Å². The van der Waals surface area contributed by atoms with Gasteiger partial charge in [0.2, 0.25) is 0 Å². The third-order valence-corrected chi connectivity index (χ3v) is 2.53. The van der Waals surface area contributed by atoms with Crippen molar-refractivity contribution in [2.45, 2.75) is 32.7 Å². The summed E-state index contributed by atoms with van der Waals surface area (Å²) >= 11 is 6.01. The molecule has 1 aromatic heterocycles. The number of aryl methyl sites for hydroxylation is 1. The number of carbonyl (C=O) groups is 1. The van der Waals surface area contributed by atoms with Crippen LogP contribution in [0.3, 0.4) is 0 Å². The number of carboxylic acids is 1. The van der Waals surface area contributed by atoms with Crippen molar-refractivity contribution in [2.75, 3.05) is 0 Å². The highest BCUT2D eigenvalue weighted by atomic mass is 35.5. The maximum Gasteiger partial charge on any atom is 0.303 e. The van der Waals surface area contributed by atoms with Crippen molar-refractivity contribution in [2.24, 2.45) is 0 Å². The Labute approximate surface area is 87.5 Å². The maximum atomic E-state index is 10.5. The van der Waals surface area contributed by atoms with E-state index in [1.165, 1.54) is 0 Å². The predicted molar refractivity (Wildman–Crippen MR) is 53.6 cm³/mol. The monoisotopic (exact) mass is 216 g/mol. The third-order valence-electron chi connectivity index (χ3n) is 2.11. The molecule has 0 fully saturated rings. The summed E-state index contributed by atoms with van der Waals surface area (Å²) in [5, 5.41) is 13.2. The number of carboxylic acid groups (broad SMARTS) is 1. The van der Waals surface area contributed by atoms with Crippen molar-refractivity contribution in [3.63, 3.8) is 0 Å². The van der Waals surface area contributed by atoms with Crippen molar-refractivity contribution in [1.82, 2.24) is 9.78 Å². The fourth-order valence-corrected chi connectivity index (χ4v) is 1.71. The molecule has 0 saturated heterocycles. The molecular formula is C9H13ClN2O2. The molecule has 1 N–H and O–H groups in total. The van der Waals surface area contributed by atoms with Crippen LogP contribution in [0.2, 0.25) is 5.15 Å². The minimum atomic E-state index is -0.821. The molecule has 1 unspecified atom stereocenters. The van der Waals surface area contributed by atoms with Crippen LogP contribution in [0.25, 0.3) is 0 Å². The molecule has 0 aliphatic carbocycles. The second-order valence-electron chi connectivity index (χ2n) is 3.21. The van der Waals surface area contributed by atoms with Crippen LogP contribution < -0.4 is 0 Å². The van der Waals surface area contributed by atoms with E-state index < -0.39 is 5.97 Å². The first-order valence-electron chi connectivity index (χ1n) is 4.49. The van der Waals surface area contributed by atoms with E-state index >= 15 is 0 Å². The summed E-state index contributed by atoms with van der Waals surface area (Å²) in [5.74, 6) is -0.918. The Bertz CT molecular complexity index is 336. The molecule has 0 radical (unpaired) electrons. The van der Waals surface area contributed by atoms with Gasteiger partial charge in [0.1, 0.15) is 5.15 Å². The molecular weight excluding hydrogens is 204 g/mol. The lowest BCUT2D eigenvalue weighted by Crippen LogP contribution is -2.03. The summed E-state index contributed by atoms with van der Waals surface area (Å²) in [6, 6.07) is 0. The number of aliphatic carboxylic acids is 1. The van der Waals surface area contributed by atoms with Gasteiger partial charge in [-0.15, -0.1) is 0 Å². The molecule has 1 atom stereocenters. The molecule has 0 amide bonds. The molecule has 0 saturated carbocycles. The van der Waals surface area contributed by atoms with Gasteiger partial charge in [0.05, 0.1) is 12.6 Å². The number of aromatic nitrogens is 2. The molecule has 14 heavy (non-hydrogen) atoms. The summed E-state index contributed by atoms with van der Waals surface area (Å²) in [5.41, 5.74) is 0.802. The number of rotatable bonds is 4. The zero-order valence-corrected chi connectivity index (χ0v) is 8.95. The highest BCUT2D eigenvalue weighted by Gasteiger charge is 2.16. The van der Waals surface area contributed by atoms with Gasteiger partial charge in [0, 0.05) is 12.1 Å². The standard InChI is InChI=1S/C9H13ClN2O2/c1-3-12-9(10)7(5-11-12)6(2)4-8(13)14/h5-6H,3-4H2,1-2H3,(H,13,14). The van der Waals surface area contributed by atoms with E-state index in [0.717, 1.165) is 5.56 Å². The minimum Gasteiger partial charge on any atom is -0.481 e. The summed E-state index contributed by atoms with van der Waals surface area (Å²) in [4.78, 5) is 10.5. The molecule has 1 heterocycles. The molecule has 78 valence electrons. The Hall–Kier alpha value is -1.03. The van der Waals surface area contributed by atoms with Gasteiger partial charge in [-0.2, -0.15) is 5.10 Å². The molecule has 0 aliphatic rings. The fourth-order valence-electron chi connectivity index (χ4n) is 1.31. The van der Waals surface area contributed by atoms with E-state index in [2.05, 4.69) is 5.10 Å². The highest BCUT2D eigenvalue weighted by molar-refractivity contribution is 6.30. The van der Waals surface area contributed by atoms with E-state index in [4.69, 9.17) is 16.7 Å². The minimum absolute atomic E-state index is 0.0785. The topological polar surface area (TPSA) is 55.1 Å². The Morgan fingerprint density at radius 1 is 1.79 bits per heavy atom.